The minimum absolute atomic E-state index is 0. The molecule has 1 rings (SSSR count). The molecule has 6 nitrogen and oxygen atoms in total. The fourth-order valence-electron chi connectivity index (χ4n) is 1.03. The van der Waals surface area contributed by atoms with Gasteiger partial charge in [-0.15, -0.1) is 0 Å². The number of carboxylic acids is 1. The molecule has 0 atom stereocenters. The quantitative estimate of drug-likeness (QED) is 0.483. The molecule has 0 aliphatic heterocycles. The van der Waals surface area contributed by atoms with Gasteiger partial charge in [0.2, 0.25) is 0 Å². The van der Waals surface area contributed by atoms with E-state index in [1.54, 1.807) is 0 Å². The average Bonchev–Trinajstić information content (AvgIpc) is 2.02. The zero-order valence-corrected chi connectivity index (χ0v) is 10.4. The molecule has 0 unspecified atom stereocenters. The van der Waals surface area contributed by atoms with Gasteiger partial charge in [-0.25, -0.2) is 4.98 Å². The van der Waals surface area contributed by atoms with Gasteiger partial charge in [-0.1, -0.05) is 0 Å². The van der Waals surface area contributed by atoms with E-state index in [4.69, 9.17) is 11.5 Å². The summed E-state index contributed by atoms with van der Waals surface area (Å²) in [5.41, 5.74) is 10.2. The number of hydrogen-bond acceptors (Lipinski definition) is 5. The summed E-state index contributed by atoms with van der Waals surface area (Å²) in [5, 5.41) is 10.6. The van der Waals surface area contributed by atoms with Crippen LogP contribution in [0.1, 0.15) is 26.4 Å². The molecule has 1 heterocycles. The van der Waals surface area contributed by atoms with Gasteiger partial charge in [0.05, 0.1) is 11.5 Å². The summed E-state index contributed by atoms with van der Waals surface area (Å²) in [4.78, 5) is 25.0. The molecule has 1 aromatic rings. The molecule has 0 radical (unpaired) electrons. The van der Waals surface area contributed by atoms with Crippen LogP contribution in [0.2, 0.25) is 0 Å². The first kappa shape index (κ1) is 13.9. The number of rotatable bonds is 2. The smallest absolute Gasteiger partial charge is 0.545 e. The van der Waals surface area contributed by atoms with Crippen LogP contribution in [-0.2, 0) is 0 Å². The van der Waals surface area contributed by atoms with E-state index in [2.05, 4.69) is 4.98 Å². The summed E-state index contributed by atoms with van der Waals surface area (Å²) in [6.07, 6.45) is 0. The van der Waals surface area contributed by atoms with Crippen molar-refractivity contribution in [3.05, 3.63) is 22.9 Å². The van der Waals surface area contributed by atoms with Crippen LogP contribution >= 0.6 is 0 Å². The van der Waals surface area contributed by atoms with Gasteiger partial charge in [0.1, 0.15) is 5.82 Å². The van der Waals surface area contributed by atoms with Crippen molar-refractivity contribution < 1.29 is 44.3 Å². The number of aryl methyl sites for hydroxylation is 1. The molecule has 0 aromatic carbocycles. The largest absolute Gasteiger partial charge is 1.00 e. The number of hydrogen-bond donors (Lipinski definition) is 2. The van der Waals surface area contributed by atoms with Gasteiger partial charge in [-0.3, -0.25) is 4.79 Å². The van der Waals surface area contributed by atoms with E-state index in [0.29, 0.717) is 0 Å². The Morgan fingerprint density at radius 2 is 1.93 bits per heavy atom. The summed E-state index contributed by atoms with van der Waals surface area (Å²) in [6.45, 7) is 1.45. The molecule has 15 heavy (non-hydrogen) atoms. The van der Waals surface area contributed by atoms with Crippen LogP contribution in [0.15, 0.2) is 6.07 Å². The van der Waals surface area contributed by atoms with Gasteiger partial charge in [0, 0.05) is 11.3 Å². The van der Waals surface area contributed by atoms with Crippen molar-refractivity contribution in [3.8, 4) is 0 Å². The Morgan fingerprint density at radius 3 is 2.33 bits per heavy atom. The summed E-state index contributed by atoms with van der Waals surface area (Å²) < 4.78 is 0. The maximum atomic E-state index is 10.8. The SMILES string of the molecule is Cc1nc(N)c(C(N)=O)cc1C(=O)[O-].[Na+]. The van der Waals surface area contributed by atoms with Gasteiger partial charge in [0.25, 0.3) is 5.91 Å². The van der Waals surface area contributed by atoms with Gasteiger partial charge < -0.3 is 21.4 Å². The monoisotopic (exact) mass is 217 g/mol. The van der Waals surface area contributed by atoms with Gasteiger partial charge in [-0.05, 0) is 13.0 Å². The minimum atomic E-state index is -1.42. The topological polar surface area (TPSA) is 122 Å². The zero-order chi connectivity index (χ0) is 10.9. The summed E-state index contributed by atoms with van der Waals surface area (Å²) in [6, 6.07) is 1.06. The van der Waals surface area contributed by atoms with E-state index in [1.807, 2.05) is 0 Å². The van der Waals surface area contributed by atoms with E-state index in [0.717, 1.165) is 6.07 Å². The van der Waals surface area contributed by atoms with E-state index in [1.165, 1.54) is 6.92 Å². The van der Waals surface area contributed by atoms with Gasteiger partial charge >= 0.3 is 29.6 Å². The number of carbonyl (C=O) groups excluding carboxylic acids is 2. The molecule has 74 valence electrons. The number of carbonyl (C=O) groups is 2. The van der Waals surface area contributed by atoms with E-state index in [-0.39, 0.29) is 52.2 Å². The zero-order valence-electron chi connectivity index (χ0n) is 8.40. The summed E-state index contributed by atoms with van der Waals surface area (Å²) in [5.74, 6) is -2.32. The number of nitrogens with two attached hydrogens (primary N) is 2. The Balaban J connectivity index is 0.00000196. The van der Waals surface area contributed by atoms with E-state index >= 15 is 0 Å². The summed E-state index contributed by atoms with van der Waals surface area (Å²) in [7, 11) is 0. The van der Waals surface area contributed by atoms with E-state index < -0.39 is 11.9 Å². The van der Waals surface area contributed by atoms with Crippen molar-refractivity contribution in [2.24, 2.45) is 5.73 Å². The number of aromatic nitrogens is 1. The number of aromatic carboxylic acids is 1. The van der Waals surface area contributed by atoms with Crippen molar-refractivity contribution in [2.45, 2.75) is 6.92 Å². The number of amides is 1. The Bertz CT molecular complexity index is 385. The fraction of sp³-hybridized carbons (Fsp3) is 0.125. The number of anilines is 1. The van der Waals surface area contributed by atoms with Gasteiger partial charge in [-0.2, -0.15) is 0 Å². The Morgan fingerprint density at radius 1 is 1.40 bits per heavy atom. The van der Waals surface area contributed by atoms with Crippen LogP contribution in [-0.4, -0.2) is 16.9 Å². The third-order valence-electron chi connectivity index (χ3n) is 1.73. The normalized spacial score (nSPS) is 9.13. The molecule has 0 fully saturated rings. The minimum Gasteiger partial charge on any atom is -0.545 e. The van der Waals surface area contributed by atoms with Crippen LogP contribution in [0.4, 0.5) is 5.82 Å². The number of pyridine rings is 1. The maximum Gasteiger partial charge on any atom is 1.00 e. The number of nitrogens with zero attached hydrogens (tertiary/aromatic N) is 1. The molecule has 0 bridgehead atoms. The fourth-order valence-corrected chi connectivity index (χ4v) is 1.03. The second-order valence-corrected chi connectivity index (χ2v) is 2.71. The molecule has 0 saturated heterocycles. The van der Waals surface area contributed by atoms with Crippen molar-refractivity contribution >= 4 is 17.7 Å². The molecule has 4 N–H and O–H groups in total. The molecule has 7 heteroatoms. The molecular formula is C8H8N3NaO3. The molecule has 1 amide bonds. The van der Waals surface area contributed by atoms with E-state index in [9.17, 15) is 14.7 Å². The Kier molecular flexibility index (Phi) is 4.73. The molecule has 1 aromatic heterocycles. The molecule has 0 saturated carbocycles. The predicted octanol–water partition coefficient (Wildman–Crippen LogP) is -4.56. The van der Waals surface area contributed by atoms with Crippen molar-refractivity contribution in [1.29, 1.82) is 0 Å². The first-order chi connectivity index (χ1) is 6.43. The van der Waals surface area contributed by atoms with Crippen molar-refractivity contribution in [3.63, 3.8) is 0 Å². The average molecular weight is 217 g/mol. The summed E-state index contributed by atoms with van der Waals surface area (Å²) >= 11 is 0. The van der Waals surface area contributed by atoms with Crippen molar-refractivity contribution in [1.82, 2.24) is 4.98 Å². The van der Waals surface area contributed by atoms with Gasteiger partial charge in [0.15, 0.2) is 0 Å². The number of nitrogen functional groups attached to an aromatic ring is 1. The standard InChI is InChI=1S/C8H9N3O3.Na/c1-3-4(8(13)14)2-5(7(10)12)6(9)11-3;/h2H,1H3,(H2,9,11)(H2,10,12)(H,13,14);/q;+1/p-1. The van der Waals surface area contributed by atoms with Crippen LogP contribution in [0, 0.1) is 6.92 Å². The van der Waals surface area contributed by atoms with Crippen molar-refractivity contribution in [2.75, 3.05) is 5.73 Å². The number of primary amides is 1. The second kappa shape index (κ2) is 5.11. The first-order valence-electron chi connectivity index (χ1n) is 3.71. The second-order valence-electron chi connectivity index (χ2n) is 2.71. The third-order valence-corrected chi connectivity index (χ3v) is 1.73. The third kappa shape index (κ3) is 2.92. The molecular weight excluding hydrogens is 209 g/mol. The first-order valence-corrected chi connectivity index (χ1v) is 3.71. The van der Waals surface area contributed by atoms with Crippen LogP contribution in [0.25, 0.3) is 0 Å². The number of carboxylic acid groups (broad SMARTS) is 1. The Hall–Kier alpha value is -1.11. The predicted molar refractivity (Wildman–Crippen MR) is 46.2 cm³/mol. The molecule has 0 aliphatic carbocycles. The molecule has 0 spiro atoms. The van der Waals surface area contributed by atoms with Crippen LogP contribution < -0.4 is 46.1 Å². The molecule has 0 aliphatic rings. The maximum absolute atomic E-state index is 10.8. The van der Waals surface area contributed by atoms with Crippen LogP contribution in [0.3, 0.4) is 0 Å². The van der Waals surface area contributed by atoms with Crippen LogP contribution in [0.5, 0.6) is 0 Å². The Labute approximate surface area is 108 Å².